The van der Waals surface area contributed by atoms with Gasteiger partial charge in [0.05, 0.1) is 5.54 Å². The number of hydrogen-bond donors (Lipinski definition) is 1. The third kappa shape index (κ3) is 3.85. The zero-order valence-corrected chi connectivity index (χ0v) is 14.1. The molecular weight excluding hydrogens is 288 g/mol. The van der Waals surface area contributed by atoms with Crippen LogP contribution >= 0.6 is 0 Å². The molecular formula is C15H27N2O3S-. The molecule has 0 spiro atoms. The van der Waals surface area contributed by atoms with E-state index in [9.17, 15) is 4.79 Å². The molecule has 122 valence electrons. The number of fused-ring (bicyclic) bond motifs is 2. The van der Waals surface area contributed by atoms with Crippen molar-refractivity contribution in [1.82, 2.24) is 9.21 Å². The van der Waals surface area contributed by atoms with E-state index in [2.05, 4.69) is 0 Å². The summed E-state index contributed by atoms with van der Waals surface area (Å²) in [6.45, 7) is 7.36. The number of ether oxygens (including phenoxy) is 1. The summed E-state index contributed by atoms with van der Waals surface area (Å²) >= 11 is 5.39. The van der Waals surface area contributed by atoms with Crippen LogP contribution in [0.1, 0.15) is 52.9 Å². The molecule has 1 N–H and O–H groups in total. The van der Waals surface area contributed by atoms with E-state index < -0.39 is 5.60 Å². The molecule has 21 heavy (non-hydrogen) atoms. The molecule has 1 amide bonds. The minimum absolute atomic E-state index is 0.167. The Morgan fingerprint density at radius 2 is 2.14 bits per heavy atom. The van der Waals surface area contributed by atoms with Crippen molar-refractivity contribution in [1.29, 1.82) is 0 Å². The zero-order chi connectivity index (χ0) is 15.7. The molecule has 0 aromatic heterocycles. The average Bonchev–Trinajstić information content (AvgIpc) is 2.57. The summed E-state index contributed by atoms with van der Waals surface area (Å²) in [7, 11) is 0. The predicted octanol–water partition coefficient (Wildman–Crippen LogP) is 2.06. The van der Waals surface area contributed by atoms with Gasteiger partial charge in [-0.1, -0.05) is 0 Å². The number of hydrogen-bond acceptors (Lipinski definition) is 5. The molecule has 2 saturated heterocycles. The van der Waals surface area contributed by atoms with Gasteiger partial charge in [0.1, 0.15) is 5.60 Å². The second-order valence-electron chi connectivity index (χ2n) is 7.27. The van der Waals surface area contributed by atoms with E-state index in [4.69, 9.17) is 22.7 Å². The van der Waals surface area contributed by atoms with Crippen LogP contribution in [0.2, 0.25) is 0 Å². The molecule has 0 aliphatic carbocycles. The summed E-state index contributed by atoms with van der Waals surface area (Å²) in [5.41, 5.74) is -0.684. The van der Waals surface area contributed by atoms with Gasteiger partial charge >= 0.3 is 6.09 Å². The molecule has 2 aliphatic heterocycles. The maximum atomic E-state index is 12.6. The van der Waals surface area contributed by atoms with Crippen LogP contribution in [0.3, 0.4) is 0 Å². The summed E-state index contributed by atoms with van der Waals surface area (Å²) in [5, 5.41) is 9.01. The minimum Gasteiger partial charge on any atom is -0.702 e. The Hall–Kier alpha value is -0.460. The smallest absolute Gasteiger partial charge is 0.411 e. The number of piperazine rings is 1. The lowest BCUT2D eigenvalue weighted by Crippen LogP contribution is -2.62. The van der Waals surface area contributed by atoms with E-state index in [1.165, 1.54) is 0 Å². The van der Waals surface area contributed by atoms with Gasteiger partial charge in [0, 0.05) is 19.2 Å². The molecule has 2 aliphatic rings. The minimum atomic E-state index is -0.478. The van der Waals surface area contributed by atoms with Crippen LogP contribution in [0.5, 0.6) is 0 Å². The van der Waals surface area contributed by atoms with Crippen molar-refractivity contribution in [3.8, 4) is 0 Å². The Morgan fingerprint density at radius 3 is 2.76 bits per heavy atom. The molecule has 2 atom stereocenters. The van der Waals surface area contributed by atoms with Crippen molar-refractivity contribution < 1.29 is 14.6 Å². The lowest BCUT2D eigenvalue weighted by atomic mass is 9.89. The topological polar surface area (TPSA) is 53.0 Å². The highest BCUT2D eigenvalue weighted by atomic mass is 32.1. The van der Waals surface area contributed by atoms with Crippen molar-refractivity contribution in [2.75, 3.05) is 19.7 Å². The highest BCUT2D eigenvalue weighted by Gasteiger charge is 2.52. The third-order valence-corrected chi connectivity index (χ3v) is 4.62. The predicted molar refractivity (Wildman–Crippen MR) is 83.7 cm³/mol. The van der Waals surface area contributed by atoms with Crippen LogP contribution in [0.15, 0.2) is 0 Å². The van der Waals surface area contributed by atoms with Crippen molar-refractivity contribution in [3.05, 3.63) is 0 Å². The van der Waals surface area contributed by atoms with Gasteiger partial charge in [-0.05, 0) is 59.4 Å². The number of unbranched alkanes of at least 4 members (excludes halogenated alkanes) is 1. The summed E-state index contributed by atoms with van der Waals surface area (Å²) < 4.78 is 7.52. The number of carbonyl (C=O) groups excluding carboxylic acids is 1. The summed E-state index contributed by atoms with van der Waals surface area (Å²) in [6.07, 6.45) is 4.33. The van der Waals surface area contributed by atoms with Crippen LogP contribution < -0.4 is 0 Å². The van der Waals surface area contributed by atoms with Crippen LogP contribution in [0, 0.1) is 0 Å². The maximum Gasteiger partial charge on any atom is 0.411 e. The van der Waals surface area contributed by atoms with Gasteiger partial charge in [0.15, 0.2) is 0 Å². The molecule has 6 heteroatoms. The first-order chi connectivity index (χ1) is 9.77. The van der Waals surface area contributed by atoms with Crippen LogP contribution in [0.4, 0.5) is 4.79 Å². The zero-order valence-electron chi connectivity index (χ0n) is 13.3. The third-order valence-electron chi connectivity index (χ3n) is 4.34. The first-order valence-corrected chi connectivity index (χ1v) is 8.19. The van der Waals surface area contributed by atoms with Gasteiger partial charge in [0.25, 0.3) is 0 Å². The van der Waals surface area contributed by atoms with Gasteiger partial charge in [-0.25, -0.2) is 4.79 Å². The number of nitrogens with zero attached hydrogens (tertiary/aromatic N) is 2. The second-order valence-corrected chi connectivity index (χ2v) is 7.79. The molecule has 2 rings (SSSR count). The van der Waals surface area contributed by atoms with Crippen LogP contribution in [0.25, 0.3) is 0 Å². The van der Waals surface area contributed by atoms with E-state index in [1.54, 1.807) is 0 Å². The Balaban J connectivity index is 2.14. The second kappa shape index (κ2) is 6.34. The summed E-state index contributed by atoms with van der Waals surface area (Å²) in [4.78, 5) is 14.6. The number of rotatable bonds is 4. The number of aliphatic hydroxyl groups is 1. The van der Waals surface area contributed by atoms with E-state index in [0.717, 1.165) is 45.2 Å². The molecule has 0 aromatic rings. The van der Waals surface area contributed by atoms with Gasteiger partial charge < -0.3 is 27.0 Å². The standard InChI is InChI=1S/C15H27N2O3S/c1-14(2,3)20-13(19)17-12-6-8-15(17,7-4-5-9-18)11-16(21)10-12/h12,18H,4-11H2,1-3H3/q-1. The van der Waals surface area contributed by atoms with E-state index in [1.807, 2.05) is 30.0 Å². The van der Waals surface area contributed by atoms with Gasteiger partial charge in [0.2, 0.25) is 0 Å². The molecule has 2 heterocycles. The maximum absolute atomic E-state index is 12.6. The Bertz CT molecular complexity index is 386. The monoisotopic (exact) mass is 315 g/mol. The quantitative estimate of drug-likeness (QED) is 0.636. The largest absolute Gasteiger partial charge is 0.702 e. The van der Waals surface area contributed by atoms with E-state index in [-0.39, 0.29) is 24.3 Å². The van der Waals surface area contributed by atoms with Gasteiger partial charge in [-0.2, -0.15) is 0 Å². The summed E-state index contributed by atoms with van der Waals surface area (Å²) in [5.74, 6) is 0. The van der Waals surface area contributed by atoms with Gasteiger partial charge in [-0.3, -0.25) is 4.90 Å². The molecule has 5 nitrogen and oxygen atoms in total. The Morgan fingerprint density at radius 1 is 1.43 bits per heavy atom. The number of amides is 1. The van der Waals surface area contributed by atoms with Crippen molar-refractivity contribution >= 4 is 18.9 Å². The molecule has 0 saturated carbocycles. The lowest BCUT2D eigenvalue weighted by Gasteiger charge is -2.52. The highest BCUT2D eigenvalue weighted by molar-refractivity contribution is 7.55. The average molecular weight is 315 g/mol. The molecule has 0 aromatic carbocycles. The SMILES string of the molecule is CC(C)(C)OC(=O)N1C2CCC1(CCCCO)CN([S-])C2. The Kier molecular flexibility index (Phi) is 5.11. The van der Waals surface area contributed by atoms with Crippen molar-refractivity contribution in [3.63, 3.8) is 0 Å². The van der Waals surface area contributed by atoms with Crippen molar-refractivity contribution in [2.45, 2.75) is 70.1 Å². The molecule has 2 bridgehead atoms. The van der Waals surface area contributed by atoms with E-state index in [0.29, 0.717) is 0 Å². The first-order valence-electron chi connectivity index (χ1n) is 7.83. The van der Waals surface area contributed by atoms with Crippen LogP contribution in [-0.4, -0.2) is 57.3 Å². The fourth-order valence-corrected chi connectivity index (χ4v) is 3.98. The van der Waals surface area contributed by atoms with E-state index >= 15 is 0 Å². The summed E-state index contributed by atoms with van der Waals surface area (Å²) in [6, 6.07) is 0.167. The van der Waals surface area contributed by atoms with Crippen molar-refractivity contribution in [2.24, 2.45) is 0 Å². The first kappa shape index (κ1) is 16.9. The Labute approximate surface area is 133 Å². The highest BCUT2D eigenvalue weighted by Crippen LogP contribution is 2.42. The molecule has 2 fully saturated rings. The fraction of sp³-hybridized carbons (Fsp3) is 0.933. The normalized spacial score (nSPS) is 29.8. The van der Waals surface area contributed by atoms with Gasteiger partial charge in [-0.15, -0.1) is 0 Å². The molecule has 2 unspecified atom stereocenters. The lowest BCUT2D eigenvalue weighted by molar-refractivity contribution is -0.0224. The number of aliphatic hydroxyl groups excluding tert-OH is 1. The van der Waals surface area contributed by atoms with Crippen LogP contribution in [-0.2, 0) is 17.6 Å². The number of carbonyl (C=O) groups is 1. The fourth-order valence-electron chi connectivity index (χ4n) is 3.57. The molecule has 0 radical (unpaired) electrons.